The van der Waals surface area contributed by atoms with E-state index in [9.17, 15) is 4.79 Å². The van der Waals surface area contributed by atoms with Crippen molar-refractivity contribution in [3.8, 4) is 0 Å². The Morgan fingerprint density at radius 1 is 1.71 bits per heavy atom. The van der Waals surface area contributed by atoms with Gasteiger partial charge in [0.05, 0.1) is 12.2 Å². The minimum atomic E-state index is -0.501. The summed E-state index contributed by atoms with van der Waals surface area (Å²) in [5.74, 6) is 0.107. The van der Waals surface area contributed by atoms with Crippen molar-refractivity contribution in [1.82, 2.24) is 4.98 Å². The average molecular weight is 195 g/mol. The Labute approximate surface area is 82.0 Å². The van der Waals surface area contributed by atoms with Crippen LogP contribution >= 0.6 is 0 Å². The Balaban J connectivity index is 2.68. The number of hydrogen-bond acceptors (Lipinski definition) is 4. The molecule has 14 heavy (non-hydrogen) atoms. The topological polar surface area (TPSA) is 88.2 Å². The van der Waals surface area contributed by atoms with Gasteiger partial charge < -0.3 is 16.2 Å². The fraction of sp³-hybridized carbons (Fsp3) is 0.333. The molecule has 5 heteroatoms. The van der Waals surface area contributed by atoms with Crippen LogP contribution in [0.4, 0.5) is 5.82 Å². The van der Waals surface area contributed by atoms with Gasteiger partial charge in [-0.2, -0.15) is 0 Å². The van der Waals surface area contributed by atoms with Crippen molar-refractivity contribution in [3.05, 3.63) is 23.9 Å². The number of hydrogen-bond donors (Lipinski definition) is 3. The molecule has 0 aromatic carbocycles. The van der Waals surface area contributed by atoms with Gasteiger partial charge in [-0.1, -0.05) is 0 Å². The Hall–Kier alpha value is -1.62. The molecule has 1 atom stereocenters. The first-order chi connectivity index (χ1) is 6.63. The van der Waals surface area contributed by atoms with E-state index in [1.165, 1.54) is 6.20 Å². The third kappa shape index (κ3) is 2.70. The summed E-state index contributed by atoms with van der Waals surface area (Å²) in [6.45, 7) is 1.85. The maximum absolute atomic E-state index is 10.7. The second kappa shape index (κ2) is 4.57. The number of pyridine rings is 1. The van der Waals surface area contributed by atoms with Gasteiger partial charge in [-0.3, -0.25) is 4.79 Å². The number of nitrogens with zero attached hydrogens (tertiary/aromatic N) is 1. The van der Waals surface area contributed by atoms with Crippen LogP contribution in [-0.4, -0.2) is 28.6 Å². The molecule has 0 saturated carbocycles. The molecule has 0 aliphatic carbocycles. The molecule has 5 nitrogen and oxygen atoms in total. The largest absolute Gasteiger partial charge is 0.394 e. The predicted molar refractivity (Wildman–Crippen MR) is 52.9 cm³/mol. The molecule has 1 aromatic heterocycles. The normalized spacial score (nSPS) is 12.1. The number of nitrogens with two attached hydrogens (primary N) is 1. The molecule has 1 aromatic rings. The molecule has 76 valence electrons. The molecule has 1 amide bonds. The van der Waals surface area contributed by atoms with E-state index in [4.69, 9.17) is 10.8 Å². The molecule has 0 aliphatic rings. The van der Waals surface area contributed by atoms with Crippen molar-refractivity contribution in [1.29, 1.82) is 0 Å². The van der Waals surface area contributed by atoms with Crippen molar-refractivity contribution >= 4 is 11.7 Å². The number of aliphatic hydroxyl groups excluding tert-OH is 1. The van der Waals surface area contributed by atoms with Crippen LogP contribution in [0.3, 0.4) is 0 Å². The Kier molecular flexibility index (Phi) is 3.41. The zero-order chi connectivity index (χ0) is 10.6. The highest BCUT2D eigenvalue weighted by molar-refractivity contribution is 5.92. The lowest BCUT2D eigenvalue weighted by molar-refractivity contribution is 0.1000. The average Bonchev–Trinajstić information content (AvgIpc) is 2.18. The van der Waals surface area contributed by atoms with Gasteiger partial charge in [0.15, 0.2) is 0 Å². The van der Waals surface area contributed by atoms with Gasteiger partial charge in [-0.15, -0.1) is 0 Å². The van der Waals surface area contributed by atoms with Crippen molar-refractivity contribution in [2.75, 3.05) is 11.9 Å². The molecule has 1 unspecified atom stereocenters. The number of carbonyl (C=O) groups is 1. The van der Waals surface area contributed by atoms with E-state index in [0.717, 1.165) is 0 Å². The SMILES string of the molecule is CC(CO)Nc1ccc(C(N)=O)cn1. The van der Waals surface area contributed by atoms with Crippen LogP contribution < -0.4 is 11.1 Å². The van der Waals surface area contributed by atoms with Crippen molar-refractivity contribution in [3.63, 3.8) is 0 Å². The quantitative estimate of drug-likeness (QED) is 0.629. The van der Waals surface area contributed by atoms with E-state index in [0.29, 0.717) is 11.4 Å². The van der Waals surface area contributed by atoms with Crippen LogP contribution in [0.15, 0.2) is 18.3 Å². The fourth-order valence-corrected chi connectivity index (χ4v) is 0.923. The molecule has 1 rings (SSSR count). The second-order valence-electron chi connectivity index (χ2n) is 3.02. The zero-order valence-corrected chi connectivity index (χ0v) is 7.90. The maximum atomic E-state index is 10.7. The number of aliphatic hydroxyl groups is 1. The van der Waals surface area contributed by atoms with E-state index in [1.54, 1.807) is 12.1 Å². The van der Waals surface area contributed by atoms with Gasteiger partial charge in [-0.05, 0) is 19.1 Å². The molecule has 0 saturated heterocycles. The molecule has 0 radical (unpaired) electrons. The summed E-state index contributed by atoms with van der Waals surface area (Å²) >= 11 is 0. The van der Waals surface area contributed by atoms with Gasteiger partial charge in [0.25, 0.3) is 0 Å². The number of rotatable bonds is 4. The zero-order valence-electron chi connectivity index (χ0n) is 7.90. The Morgan fingerprint density at radius 2 is 2.43 bits per heavy atom. The van der Waals surface area contributed by atoms with Gasteiger partial charge in [0.1, 0.15) is 5.82 Å². The predicted octanol–water partition coefficient (Wildman–Crippen LogP) is -0.0268. The summed E-state index contributed by atoms with van der Waals surface area (Å²) in [4.78, 5) is 14.7. The highest BCUT2D eigenvalue weighted by Gasteiger charge is 2.03. The number of nitrogens with one attached hydrogen (secondary N) is 1. The third-order valence-electron chi connectivity index (χ3n) is 1.72. The van der Waals surface area contributed by atoms with Crippen LogP contribution in [0.1, 0.15) is 17.3 Å². The molecule has 1 heterocycles. The number of primary amides is 1. The molecule has 4 N–H and O–H groups in total. The monoisotopic (exact) mass is 195 g/mol. The van der Waals surface area contributed by atoms with Crippen LogP contribution in [0.2, 0.25) is 0 Å². The number of anilines is 1. The van der Waals surface area contributed by atoms with Gasteiger partial charge in [0, 0.05) is 12.2 Å². The highest BCUT2D eigenvalue weighted by atomic mass is 16.3. The summed E-state index contributed by atoms with van der Waals surface area (Å²) in [5.41, 5.74) is 5.42. The third-order valence-corrected chi connectivity index (χ3v) is 1.72. The van der Waals surface area contributed by atoms with E-state index in [-0.39, 0.29) is 12.6 Å². The molecular formula is C9H13N3O2. The molecular weight excluding hydrogens is 182 g/mol. The minimum absolute atomic E-state index is 0.0270. The molecule has 0 bridgehead atoms. The highest BCUT2D eigenvalue weighted by Crippen LogP contribution is 2.05. The van der Waals surface area contributed by atoms with E-state index in [2.05, 4.69) is 10.3 Å². The fourth-order valence-electron chi connectivity index (χ4n) is 0.923. The maximum Gasteiger partial charge on any atom is 0.250 e. The number of amides is 1. The minimum Gasteiger partial charge on any atom is -0.394 e. The standard InChI is InChI=1S/C9H13N3O2/c1-6(5-13)12-8-3-2-7(4-11-8)9(10)14/h2-4,6,13H,5H2,1H3,(H2,10,14)(H,11,12). The molecule has 0 spiro atoms. The first-order valence-corrected chi connectivity index (χ1v) is 4.26. The lowest BCUT2D eigenvalue weighted by atomic mass is 10.2. The summed E-state index contributed by atoms with van der Waals surface area (Å²) < 4.78 is 0. The summed E-state index contributed by atoms with van der Waals surface area (Å²) in [5, 5.41) is 11.7. The van der Waals surface area contributed by atoms with Crippen LogP contribution in [0.5, 0.6) is 0 Å². The van der Waals surface area contributed by atoms with E-state index < -0.39 is 5.91 Å². The van der Waals surface area contributed by atoms with Crippen LogP contribution in [0.25, 0.3) is 0 Å². The van der Waals surface area contributed by atoms with Crippen LogP contribution in [-0.2, 0) is 0 Å². The number of aromatic nitrogens is 1. The van der Waals surface area contributed by atoms with Gasteiger partial charge >= 0.3 is 0 Å². The van der Waals surface area contributed by atoms with E-state index >= 15 is 0 Å². The first kappa shape index (κ1) is 10.5. The molecule has 0 fully saturated rings. The smallest absolute Gasteiger partial charge is 0.250 e. The summed E-state index contributed by atoms with van der Waals surface area (Å²) in [6.07, 6.45) is 1.40. The molecule has 0 aliphatic heterocycles. The van der Waals surface area contributed by atoms with Crippen molar-refractivity contribution in [2.45, 2.75) is 13.0 Å². The van der Waals surface area contributed by atoms with Crippen molar-refractivity contribution in [2.24, 2.45) is 5.73 Å². The van der Waals surface area contributed by atoms with E-state index in [1.807, 2.05) is 6.92 Å². The number of carbonyl (C=O) groups excluding carboxylic acids is 1. The lowest BCUT2D eigenvalue weighted by Crippen LogP contribution is -2.20. The van der Waals surface area contributed by atoms with Gasteiger partial charge in [0.2, 0.25) is 5.91 Å². The second-order valence-corrected chi connectivity index (χ2v) is 3.02. The van der Waals surface area contributed by atoms with Gasteiger partial charge in [-0.25, -0.2) is 4.98 Å². The summed E-state index contributed by atoms with van der Waals surface area (Å²) in [7, 11) is 0. The Bertz CT molecular complexity index is 310. The van der Waals surface area contributed by atoms with Crippen molar-refractivity contribution < 1.29 is 9.90 Å². The first-order valence-electron chi connectivity index (χ1n) is 4.26. The van der Waals surface area contributed by atoms with Crippen LogP contribution in [0, 0.1) is 0 Å². The summed E-state index contributed by atoms with van der Waals surface area (Å²) in [6, 6.07) is 3.16. The Morgan fingerprint density at radius 3 is 2.86 bits per heavy atom. The lowest BCUT2D eigenvalue weighted by Gasteiger charge is -2.10.